The first-order valence-electron chi connectivity index (χ1n) is 13.7. The van der Waals surface area contributed by atoms with Crippen molar-refractivity contribution in [3.05, 3.63) is 47.5 Å². The molecule has 6 rings (SSSR count). The summed E-state index contributed by atoms with van der Waals surface area (Å²) in [6.07, 6.45) is 13.7. The third kappa shape index (κ3) is 4.29. The Labute approximate surface area is 223 Å². The van der Waals surface area contributed by atoms with Gasteiger partial charge in [-0.2, -0.15) is 0 Å². The van der Waals surface area contributed by atoms with Crippen LogP contribution < -0.4 is 4.90 Å². The van der Waals surface area contributed by atoms with Gasteiger partial charge in [-0.05, 0) is 49.2 Å². The van der Waals surface area contributed by atoms with E-state index in [1.807, 2.05) is 13.0 Å². The number of aliphatic hydroxyl groups excluding tert-OH is 2. The highest BCUT2D eigenvalue weighted by atomic mass is 16.6. The molecule has 6 atom stereocenters. The number of aliphatic hydroxyl groups is 2. The van der Waals surface area contributed by atoms with E-state index in [2.05, 4.69) is 27.9 Å². The molecule has 5 aliphatic rings. The van der Waals surface area contributed by atoms with Crippen LogP contribution in [0.4, 0.5) is 5.95 Å². The molecule has 0 amide bonds. The lowest BCUT2D eigenvalue weighted by molar-refractivity contribution is -0.167. The molecule has 9 nitrogen and oxygen atoms in total. The van der Waals surface area contributed by atoms with E-state index in [4.69, 9.17) is 14.2 Å². The van der Waals surface area contributed by atoms with Gasteiger partial charge in [-0.15, -0.1) is 0 Å². The molecule has 2 N–H and O–H groups in total. The predicted octanol–water partition coefficient (Wildman–Crippen LogP) is 2.65. The summed E-state index contributed by atoms with van der Waals surface area (Å²) in [6.45, 7) is 7.82. The number of nitrogens with zero attached hydrogens (tertiary/aromatic N) is 3. The van der Waals surface area contributed by atoms with Crippen molar-refractivity contribution >= 4 is 18.0 Å². The average molecular weight is 524 g/mol. The number of hydrogen-bond acceptors (Lipinski definition) is 9. The van der Waals surface area contributed by atoms with E-state index < -0.39 is 11.5 Å². The van der Waals surface area contributed by atoms with Gasteiger partial charge in [0.25, 0.3) is 0 Å². The molecule has 3 unspecified atom stereocenters. The second kappa shape index (κ2) is 9.55. The molecule has 2 saturated heterocycles. The van der Waals surface area contributed by atoms with Crippen molar-refractivity contribution in [2.24, 2.45) is 22.7 Å². The Morgan fingerprint density at radius 2 is 1.89 bits per heavy atom. The van der Waals surface area contributed by atoms with Crippen LogP contribution in [0.25, 0.3) is 6.08 Å². The average Bonchev–Trinajstić information content (AvgIpc) is 3.61. The van der Waals surface area contributed by atoms with Gasteiger partial charge in [-0.1, -0.05) is 26.0 Å². The van der Waals surface area contributed by atoms with Crippen LogP contribution in [-0.2, 0) is 19.0 Å². The normalized spacial score (nSPS) is 39.9. The fourth-order valence-corrected chi connectivity index (χ4v) is 7.43. The Morgan fingerprint density at radius 3 is 2.58 bits per heavy atom. The number of epoxide rings is 1. The SMILES string of the molecule is C[C@]12CC[C@H](O)[C@@](C)(CO)C1CCC1(CO1)C2/C=C/C1=CC(=C\c2cnc(N3CCOCC3)nc2)/OC1=O. The highest BCUT2D eigenvalue weighted by Gasteiger charge is 2.66. The van der Waals surface area contributed by atoms with E-state index in [0.717, 1.165) is 37.9 Å². The summed E-state index contributed by atoms with van der Waals surface area (Å²) in [5.41, 5.74) is 0.328. The third-order valence-electron chi connectivity index (χ3n) is 9.77. The topological polar surface area (TPSA) is 118 Å². The molecule has 9 heteroatoms. The van der Waals surface area contributed by atoms with Crippen molar-refractivity contribution in [1.82, 2.24) is 9.97 Å². The summed E-state index contributed by atoms with van der Waals surface area (Å²) in [6, 6.07) is 0. The van der Waals surface area contributed by atoms with E-state index in [1.54, 1.807) is 24.5 Å². The second-order valence-electron chi connectivity index (χ2n) is 12.0. The molecular formula is C29H37N3O6. The Balaban J connectivity index is 1.21. The molecule has 38 heavy (non-hydrogen) atoms. The first-order valence-corrected chi connectivity index (χ1v) is 13.7. The summed E-state index contributed by atoms with van der Waals surface area (Å²) >= 11 is 0. The van der Waals surface area contributed by atoms with Crippen LogP contribution in [0.1, 0.15) is 45.1 Å². The highest BCUT2D eigenvalue weighted by Crippen LogP contribution is 2.65. The lowest BCUT2D eigenvalue weighted by atomic mass is 9.45. The van der Waals surface area contributed by atoms with Crippen molar-refractivity contribution in [2.75, 3.05) is 44.4 Å². The largest absolute Gasteiger partial charge is 0.423 e. The molecule has 0 bridgehead atoms. The summed E-state index contributed by atoms with van der Waals surface area (Å²) in [5.74, 6) is 0.974. The van der Waals surface area contributed by atoms with E-state index in [0.29, 0.717) is 43.5 Å². The van der Waals surface area contributed by atoms with Gasteiger partial charge in [-0.25, -0.2) is 14.8 Å². The number of fused-ring (bicyclic) bond motifs is 1. The minimum absolute atomic E-state index is 0.0402. The molecule has 0 radical (unpaired) electrons. The molecule has 1 spiro atoms. The molecule has 1 aromatic heterocycles. The van der Waals surface area contributed by atoms with Crippen LogP contribution in [0.5, 0.6) is 0 Å². The molecule has 2 aliphatic carbocycles. The zero-order chi connectivity index (χ0) is 26.5. The van der Waals surface area contributed by atoms with Gasteiger partial charge in [0.15, 0.2) is 0 Å². The number of morpholine rings is 1. The Morgan fingerprint density at radius 1 is 1.16 bits per heavy atom. The number of ether oxygens (including phenoxy) is 3. The van der Waals surface area contributed by atoms with E-state index in [1.165, 1.54) is 0 Å². The molecular weight excluding hydrogens is 486 g/mol. The van der Waals surface area contributed by atoms with Crippen LogP contribution in [0.15, 0.2) is 42.0 Å². The monoisotopic (exact) mass is 523 g/mol. The van der Waals surface area contributed by atoms with Gasteiger partial charge in [0.05, 0.1) is 43.7 Å². The quantitative estimate of drug-likeness (QED) is 0.444. The third-order valence-corrected chi connectivity index (χ3v) is 9.77. The molecule has 2 saturated carbocycles. The molecule has 1 aromatic rings. The molecule has 4 fully saturated rings. The standard InChI is InChI=1S/C29H37N3O6/c1-27-7-6-24(34)28(2,17-33)22(27)5-8-29(18-37-29)23(27)4-3-20-14-21(38-25(20)35)13-19-15-30-26(31-16-19)32-9-11-36-12-10-32/h3-4,13-16,22-24,33-34H,5-12,17-18H2,1-2H3/b4-3+,21-13+/t22?,23?,24-,27-,28-,29?/m0/s1. The molecule has 204 valence electrons. The van der Waals surface area contributed by atoms with E-state index in [-0.39, 0.29) is 35.4 Å². The zero-order valence-electron chi connectivity index (χ0n) is 22.1. The number of aromatic nitrogens is 2. The maximum absolute atomic E-state index is 12.7. The minimum atomic E-state index is -0.545. The molecule has 0 aromatic carbocycles. The van der Waals surface area contributed by atoms with Crippen LogP contribution in [0, 0.1) is 22.7 Å². The van der Waals surface area contributed by atoms with Crippen molar-refractivity contribution in [3.8, 4) is 0 Å². The number of esters is 1. The number of cyclic esters (lactones) is 1. The van der Waals surface area contributed by atoms with Crippen molar-refractivity contribution in [3.63, 3.8) is 0 Å². The number of hydrogen-bond donors (Lipinski definition) is 2. The predicted molar refractivity (Wildman–Crippen MR) is 140 cm³/mol. The van der Waals surface area contributed by atoms with Crippen molar-refractivity contribution in [1.29, 1.82) is 0 Å². The lowest BCUT2D eigenvalue weighted by Gasteiger charge is -2.60. The minimum Gasteiger partial charge on any atom is -0.423 e. The van der Waals surface area contributed by atoms with Crippen molar-refractivity contribution < 1.29 is 29.2 Å². The fraction of sp³-hybridized carbons (Fsp3) is 0.621. The van der Waals surface area contributed by atoms with Gasteiger partial charge in [0.1, 0.15) is 5.76 Å². The zero-order valence-corrected chi connectivity index (χ0v) is 22.1. The Hall–Kier alpha value is -2.59. The van der Waals surface area contributed by atoms with Crippen LogP contribution in [-0.4, -0.2) is 77.4 Å². The summed E-state index contributed by atoms with van der Waals surface area (Å²) in [5, 5.41) is 21.1. The lowest BCUT2D eigenvalue weighted by Crippen LogP contribution is -2.60. The fourth-order valence-electron chi connectivity index (χ4n) is 7.43. The number of carbonyl (C=O) groups is 1. The highest BCUT2D eigenvalue weighted by molar-refractivity contribution is 5.96. The van der Waals surface area contributed by atoms with Gasteiger partial charge < -0.3 is 29.3 Å². The van der Waals surface area contributed by atoms with Crippen molar-refractivity contribution in [2.45, 2.75) is 51.2 Å². The van der Waals surface area contributed by atoms with Gasteiger partial charge in [0.2, 0.25) is 5.95 Å². The van der Waals surface area contributed by atoms with E-state index >= 15 is 0 Å². The van der Waals surface area contributed by atoms with Crippen LogP contribution in [0.2, 0.25) is 0 Å². The number of rotatable bonds is 5. The Bertz CT molecular complexity index is 1170. The van der Waals surface area contributed by atoms with Crippen LogP contribution in [0.3, 0.4) is 0 Å². The van der Waals surface area contributed by atoms with Gasteiger partial charge in [-0.3, -0.25) is 0 Å². The molecule has 4 heterocycles. The second-order valence-corrected chi connectivity index (χ2v) is 12.0. The number of carbonyl (C=O) groups excluding carboxylic acids is 1. The maximum atomic E-state index is 12.7. The summed E-state index contributed by atoms with van der Waals surface area (Å²) in [4.78, 5) is 23.7. The van der Waals surface area contributed by atoms with E-state index in [9.17, 15) is 15.0 Å². The first-order chi connectivity index (χ1) is 18.3. The van der Waals surface area contributed by atoms with Gasteiger partial charge >= 0.3 is 5.97 Å². The number of allylic oxidation sites excluding steroid dienone is 1. The van der Waals surface area contributed by atoms with Gasteiger partial charge in [0, 0.05) is 42.4 Å². The van der Waals surface area contributed by atoms with Crippen LogP contribution >= 0.6 is 0 Å². The Kier molecular flexibility index (Phi) is 6.45. The summed E-state index contributed by atoms with van der Waals surface area (Å²) < 4.78 is 17.0. The smallest absolute Gasteiger partial charge is 0.343 e. The first kappa shape index (κ1) is 25.7. The number of anilines is 1. The summed E-state index contributed by atoms with van der Waals surface area (Å²) in [7, 11) is 0. The molecule has 3 aliphatic heterocycles. The maximum Gasteiger partial charge on any atom is 0.343 e.